The molecule has 3 rings (SSSR count). The quantitative estimate of drug-likeness (QED) is 0.427. The monoisotopic (exact) mass is 326 g/mol. The van der Waals surface area contributed by atoms with Gasteiger partial charge in [-0.25, -0.2) is 0 Å². The van der Waals surface area contributed by atoms with Crippen molar-refractivity contribution >= 4 is 22.9 Å². The number of H-pyrrole nitrogens is 1. The topological polar surface area (TPSA) is 91.8 Å². The van der Waals surface area contributed by atoms with Gasteiger partial charge in [0.2, 0.25) is 11.6 Å². The number of thiophene rings is 1. The number of benzene rings is 1. The van der Waals surface area contributed by atoms with Crippen molar-refractivity contribution in [3.05, 3.63) is 69.2 Å². The largest absolute Gasteiger partial charge is 0.507 e. The van der Waals surface area contributed by atoms with E-state index in [1.54, 1.807) is 6.07 Å². The van der Waals surface area contributed by atoms with Crippen LogP contribution in [0.4, 0.5) is 0 Å². The van der Waals surface area contributed by atoms with E-state index in [2.05, 4.69) is 44.9 Å². The maximum Gasteiger partial charge on any atom is 0.244 e. The number of aliphatic hydroxyl groups excluding tert-OH is 1. The Bertz CT molecular complexity index is 835. The van der Waals surface area contributed by atoms with Crippen molar-refractivity contribution in [1.82, 2.24) is 20.6 Å². The first kappa shape index (κ1) is 15.1. The molecular weight excluding hydrogens is 312 g/mol. The Morgan fingerprint density at radius 2 is 2.09 bits per heavy atom. The predicted molar refractivity (Wildman–Crippen MR) is 87.4 cm³/mol. The van der Waals surface area contributed by atoms with Gasteiger partial charge in [0.05, 0.1) is 0 Å². The highest BCUT2D eigenvalue weighted by Gasteiger charge is 2.14. The Kier molecular flexibility index (Phi) is 4.29. The first-order valence-electron chi connectivity index (χ1n) is 6.94. The third kappa shape index (κ3) is 3.51. The van der Waals surface area contributed by atoms with Gasteiger partial charge in [-0.15, -0.1) is 21.5 Å². The number of aryl methyl sites for hydroxylation is 1. The summed E-state index contributed by atoms with van der Waals surface area (Å²) in [5, 5.41) is 24.9. The molecule has 0 atom stereocenters. The van der Waals surface area contributed by atoms with Gasteiger partial charge in [-0.1, -0.05) is 29.8 Å². The van der Waals surface area contributed by atoms with Crippen LogP contribution >= 0.6 is 11.3 Å². The minimum Gasteiger partial charge on any atom is -0.507 e. The Hall–Kier alpha value is -2.80. The van der Waals surface area contributed by atoms with Crippen molar-refractivity contribution in [2.45, 2.75) is 13.3 Å². The molecule has 3 aromatic rings. The molecule has 1 aromatic carbocycles. The van der Waals surface area contributed by atoms with Gasteiger partial charge in [-0.05, 0) is 29.1 Å². The summed E-state index contributed by atoms with van der Waals surface area (Å²) in [7, 11) is 0. The zero-order chi connectivity index (χ0) is 16.2. The van der Waals surface area contributed by atoms with Crippen LogP contribution in [0.1, 0.15) is 32.2 Å². The fraction of sp³-hybridized carbons (Fsp3) is 0.125. The molecule has 0 unspecified atom stereocenters. The number of carbonyl (C=O) groups is 1. The average Bonchev–Trinajstić information content (AvgIpc) is 3.20. The fourth-order valence-electron chi connectivity index (χ4n) is 2.13. The molecule has 116 valence electrons. The van der Waals surface area contributed by atoms with Crippen molar-refractivity contribution in [3.63, 3.8) is 0 Å². The highest BCUT2D eigenvalue weighted by atomic mass is 32.1. The number of aromatic amines is 1. The lowest BCUT2D eigenvalue weighted by molar-refractivity contribution is 0.103. The number of rotatable bonds is 5. The van der Waals surface area contributed by atoms with Crippen molar-refractivity contribution in [1.29, 1.82) is 0 Å². The van der Waals surface area contributed by atoms with Crippen molar-refractivity contribution < 1.29 is 9.90 Å². The van der Waals surface area contributed by atoms with Gasteiger partial charge < -0.3 is 5.11 Å². The molecule has 0 spiro atoms. The van der Waals surface area contributed by atoms with E-state index < -0.39 is 5.78 Å². The zero-order valence-corrected chi connectivity index (χ0v) is 13.2. The molecule has 0 aliphatic rings. The minimum atomic E-state index is -0.497. The third-order valence-electron chi connectivity index (χ3n) is 3.34. The van der Waals surface area contributed by atoms with Gasteiger partial charge >= 0.3 is 0 Å². The summed E-state index contributed by atoms with van der Waals surface area (Å²) >= 11 is 1.54. The van der Waals surface area contributed by atoms with Gasteiger partial charge in [0.15, 0.2) is 0 Å². The molecule has 7 heteroatoms. The van der Waals surface area contributed by atoms with E-state index >= 15 is 0 Å². The molecule has 0 radical (unpaired) electrons. The molecule has 0 amide bonds. The van der Waals surface area contributed by atoms with Gasteiger partial charge in [0, 0.05) is 22.9 Å². The molecule has 2 N–H and O–H groups in total. The van der Waals surface area contributed by atoms with E-state index in [0.29, 0.717) is 12.0 Å². The molecule has 2 heterocycles. The number of carbonyl (C=O) groups excluding carboxylic acids is 1. The SMILES string of the molecule is Cc1ccc(Cc2sccc2C(O)=CC(=O)c2nn[nH]n2)cc1. The summed E-state index contributed by atoms with van der Waals surface area (Å²) in [5.74, 6) is -0.668. The lowest BCUT2D eigenvalue weighted by Gasteiger charge is -2.04. The van der Waals surface area contributed by atoms with Crippen LogP contribution in [0.25, 0.3) is 5.76 Å². The van der Waals surface area contributed by atoms with Crippen LogP contribution in [0.2, 0.25) is 0 Å². The summed E-state index contributed by atoms with van der Waals surface area (Å²) in [5.41, 5.74) is 3.00. The lowest BCUT2D eigenvalue weighted by Crippen LogP contribution is -2.00. The number of hydrogen-bond acceptors (Lipinski definition) is 6. The molecule has 0 aliphatic carbocycles. The van der Waals surface area contributed by atoms with Crippen molar-refractivity contribution in [2.24, 2.45) is 0 Å². The summed E-state index contributed by atoms with van der Waals surface area (Å²) in [6.07, 6.45) is 1.81. The number of aliphatic hydroxyl groups is 1. The smallest absolute Gasteiger partial charge is 0.244 e. The molecule has 2 aromatic heterocycles. The average molecular weight is 326 g/mol. The van der Waals surface area contributed by atoms with E-state index in [1.807, 2.05) is 12.3 Å². The van der Waals surface area contributed by atoms with Crippen LogP contribution in [0.15, 0.2) is 41.8 Å². The number of allylic oxidation sites excluding steroid dienone is 1. The maximum absolute atomic E-state index is 11.9. The molecule has 6 nitrogen and oxygen atoms in total. The Morgan fingerprint density at radius 3 is 2.78 bits per heavy atom. The summed E-state index contributed by atoms with van der Waals surface area (Å²) in [6, 6.07) is 10.0. The minimum absolute atomic E-state index is 0.0770. The van der Waals surface area contributed by atoms with Crippen LogP contribution < -0.4 is 0 Å². The molecule has 0 saturated carbocycles. The second-order valence-electron chi connectivity index (χ2n) is 5.05. The van der Waals surface area contributed by atoms with E-state index in [9.17, 15) is 9.90 Å². The molecule has 23 heavy (non-hydrogen) atoms. The number of nitrogens with one attached hydrogen (secondary N) is 1. The first-order chi connectivity index (χ1) is 11.1. The number of tetrazole rings is 1. The van der Waals surface area contributed by atoms with Crippen LogP contribution in [-0.2, 0) is 6.42 Å². The summed E-state index contributed by atoms with van der Waals surface area (Å²) in [4.78, 5) is 12.9. The molecule has 0 saturated heterocycles. The number of nitrogens with zero attached hydrogens (tertiary/aromatic N) is 3. The fourth-order valence-corrected chi connectivity index (χ4v) is 3.05. The van der Waals surface area contributed by atoms with Gasteiger partial charge in [-0.2, -0.15) is 5.21 Å². The molecule has 0 bridgehead atoms. The maximum atomic E-state index is 11.9. The third-order valence-corrected chi connectivity index (χ3v) is 4.26. The van der Waals surface area contributed by atoms with E-state index in [1.165, 1.54) is 16.9 Å². The second-order valence-corrected chi connectivity index (χ2v) is 6.05. The van der Waals surface area contributed by atoms with Crippen LogP contribution in [0, 0.1) is 6.92 Å². The van der Waals surface area contributed by atoms with Gasteiger partial charge in [0.25, 0.3) is 0 Å². The summed E-state index contributed by atoms with van der Waals surface area (Å²) < 4.78 is 0. The zero-order valence-electron chi connectivity index (χ0n) is 12.4. The first-order valence-corrected chi connectivity index (χ1v) is 7.82. The summed E-state index contributed by atoms with van der Waals surface area (Å²) in [6.45, 7) is 2.04. The standard InChI is InChI=1S/C16H14N4O2S/c1-10-2-4-11(5-3-10)8-15-12(6-7-23-15)13(21)9-14(22)16-17-19-20-18-16/h2-7,9,21H,8H2,1H3,(H,17,18,19,20). The van der Waals surface area contributed by atoms with Gasteiger partial charge in [-0.3, -0.25) is 4.79 Å². The molecule has 0 fully saturated rings. The van der Waals surface area contributed by atoms with E-state index in [4.69, 9.17) is 0 Å². The molecule has 0 aliphatic heterocycles. The van der Waals surface area contributed by atoms with Crippen molar-refractivity contribution in [2.75, 3.05) is 0 Å². The van der Waals surface area contributed by atoms with E-state index in [-0.39, 0.29) is 11.6 Å². The van der Waals surface area contributed by atoms with E-state index in [0.717, 1.165) is 16.5 Å². The molecular formula is C16H14N4O2S. The number of aromatic nitrogens is 4. The van der Waals surface area contributed by atoms with Crippen LogP contribution in [0.3, 0.4) is 0 Å². The number of hydrogen-bond donors (Lipinski definition) is 2. The Labute approximate surface area is 136 Å². The van der Waals surface area contributed by atoms with Crippen LogP contribution in [-0.4, -0.2) is 31.5 Å². The second kappa shape index (κ2) is 6.53. The highest BCUT2D eigenvalue weighted by Crippen LogP contribution is 2.26. The van der Waals surface area contributed by atoms with Crippen LogP contribution in [0.5, 0.6) is 0 Å². The normalized spacial score (nSPS) is 11.6. The Balaban J connectivity index is 1.82. The van der Waals surface area contributed by atoms with Gasteiger partial charge in [0.1, 0.15) is 5.76 Å². The predicted octanol–water partition coefficient (Wildman–Crippen LogP) is 2.94. The lowest BCUT2D eigenvalue weighted by atomic mass is 10.1. The number of ketones is 1. The Morgan fingerprint density at radius 1 is 1.30 bits per heavy atom. The highest BCUT2D eigenvalue weighted by molar-refractivity contribution is 7.10. The van der Waals surface area contributed by atoms with Crippen molar-refractivity contribution in [3.8, 4) is 0 Å².